The van der Waals surface area contributed by atoms with Crippen molar-refractivity contribution in [3.05, 3.63) is 58.8 Å². The second-order valence-electron chi connectivity index (χ2n) is 5.37. The van der Waals surface area contributed by atoms with E-state index in [-0.39, 0.29) is 23.7 Å². The molecular formula is C17H17FN2O3. The number of nitrogens with zero attached hydrogens (tertiary/aromatic N) is 2. The van der Waals surface area contributed by atoms with Crippen molar-refractivity contribution >= 4 is 16.7 Å². The molecule has 23 heavy (non-hydrogen) atoms. The van der Waals surface area contributed by atoms with Gasteiger partial charge in [0, 0.05) is 25.0 Å². The van der Waals surface area contributed by atoms with Crippen LogP contribution in [0.15, 0.2) is 41.7 Å². The lowest BCUT2D eigenvalue weighted by Crippen LogP contribution is -2.42. The van der Waals surface area contributed by atoms with Crippen LogP contribution in [0.4, 0.5) is 4.39 Å². The standard InChI is InChI=1S/C17H17FN2O3/c1-2-5-20-15(17(22)19-6-8-23-9-7-19)11-12-10-13(18)3-4-14(12)16(20)21/h2-4,10-11H,1,5-9H2. The summed E-state index contributed by atoms with van der Waals surface area (Å²) in [6, 6.07) is 5.52. The summed E-state index contributed by atoms with van der Waals surface area (Å²) >= 11 is 0. The minimum Gasteiger partial charge on any atom is -0.378 e. The van der Waals surface area contributed by atoms with Crippen LogP contribution in [0.5, 0.6) is 0 Å². The minimum absolute atomic E-state index is 0.220. The average molecular weight is 316 g/mol. The maximum atomic E-state index is 13.5. The van der Waals surface area contributed by atoms with E-state index in [1.165, 1.54) is 22.8 Å². The topological polar surface area (TPSA) is 51.5 Å². The average Bonchev–Trinajstić information content (AvgIpc) is 2.57. The number of fused-ring (bicyclic) bond motifs is 1. The van der Waals surface area contributed by atoms with Crippen molar-refractivity contribution in [2.75, 3.05) is 26.3 Å². The highest BCUT2D eigenvalue weighted by atomic mass is 19.1. The molecule has 6 heteroatoms. The van der Waals surface area contributed by atoms with Crippen molar-refractivity contribution in [3.63, 3.8) is 0 Å². The molecule has 0 aliphatic carbocycles. The molecule has 1 amide bonds. The highest BCUT2D eigenvalue weighted by Gasteiger charge is 2.22. The molecule has 1 aliphatic rings. The van der Waals surface area contributed by atoms with Crippen molar-refractivity contribution < 1.29 is 13.9 Å². The van der Waals surface area contributed by atoms with Gasteiger partial charge in [0.05, 0.1) is 13.2 Å². The Morgan fingerprint density at radius 2 is 2.04 bits per heavy atom. The van der Waals surface area contributed by atoms with Crippen LogP contribution >= 0.6 is 0 Å². The molecule has 1 aromatic carbocycles. The maximum absolute atomic E-state index is 13.5. The molecule has 2 aromatic rings. The van der Waals surface area contributed by atoms with Gasteiger partial charge in [0.1, 0.15) is 11.5 Å². The van der Waals surface area contributed by atoms with Gasteiger partial charge in [-0.3, -0.25) is 14.2 Å². The number of carbonyl (C=O) groups is 1. The fourth-order valence-electron chi connectivity index (χ4n) is 2.74. The third kappa shape index (κ3) is 2.90. The molecular weight excluding hydrogens is 299 g/mol. The van der Waals surface area contributed by atoms with Crippen molar-refractivity contribution in [3.8, 4) is 0 Å². The molecule has 0 unspecified atom stereocenters. The van der Waals surface area contributed by atoms with Crippen LogP contribution in [0.2, 0.25) is 0 Å². The van der Waals surface area contributed by atoms with Crippen LogP contribution in [-0.4, -0.2) is 41.7 Å². The van der Waals surface area contributed by atoms with Crippen LogP contribution in [0.25, 0.3) is 10.8 Å². The van der Waals surface area contributed by atoms with Gasteiger partial charge in [0.15, 0.2) is 0 Å². The molecule has 0 saturated carbocycles. The number of benzene rings is 1. The Morgan fingerprint density at radius 1 is 1.30 bits per heavy atom. The van der Waals surface area contributed by atoms with E-state index in [0.717, 1.165) is 0 Å². The second-order valence-corrected chi connectivity index (χ2v) is 5.37. The van der Waals surface area contributed by atoms with Gasteiger partial charge in [0.25, 0.3) is 11.5 Å². The number of ether oxygens (including phenoxy) is 1. The minimum atomic E-state index is -0.442. The molecule has 1 aromatic heterocycles. The summed E-state index contributed by atoms with van der Waals surface area (Å²) in [7, 11) is 0. The molecule has 120 valence electrons. The summed E-state index contributed by atoms with van der Waals surface area (Å²) in [5.74, 6) is -0.693. The predicted molar refractivity (Wildman–Crippen MR) is 85.1 cm³/mol. The van der Waals surface area contributed by atoms with Gasteiger partial charge in [-0.1, -0.05) is 6.08 Å². The first-order chi connectivity index (χ1) is 11.1. The monoisotopic (exact) mass is 316 g/mol. The quantitative estimate of drug-likeness (QED) is 0.811. The number of carbonyl (C=O) groups excluding carboxylic acids is 1. The van der Waals surface area contributed by atoms with E-state index in [1.807, 2.05) is 0 Å². The van der Waals surface area contributed by atoms with Gasteiger partial charge in [0.2, 0.25) is 0 Å². The molecule has 1 fully saturated rings. The number of aromatic nitrogens is 1. The zero-order valence-corrected chi connectivity index (χ0v) is 12.6. The van der Waals surface area contributed by atoms with E-state index in [2.05, 4.69) is 6.58 Å². The molecule has 1 aliphatic heterocycles. The molecule has 3 rings (SSSR count). The third-order valence-corrected chi connectivity index (χ3v) is 3.90. The van der Waals surface area contributed by atoms with E-state index in [4.69, 9.17) is 4.74 Å². The second kappa shape index (κ2) is 6.34. The van der Waals surface area contributed by atoms with Crippen molar-refractivity contribution in [2.24, 2.45) is 0 Å². The Bertz CT molecular complexity index is 822. The van der Waals surface area contributed by atoms with Crippen LogP contribution < -0.4 is 5.56 Å². The van der Waals surface area contributed by atoms with E-state index in [1.54, 1.807) is 17.0 Å². The molecule has 1 saturated heterocycles. The summed E-state index contributed by atoms with van der Waals surface area (Å²) in [6.45, 7) is 5.75. The van der Waals surface area contributed by atoms with Gasteiger partial charge in [-0.25, -0.2) is 4.39 Å². The summed E-state index contributed by atoms with van der Waals surface area (Å²) in [4.78, 5) is 27.0. The lowest BCUT2D eigenvalue weighted by atomic mass is 10.1. The van der Waals surface area contributed by atoms with E-state index in [9.17, 15) is 14.0 Å². The number of rotatable bonds is 3. The van der Waals surface area contributed by atoms with E-state index < -0.39 is 5.82 Å². The Labute approximate surface area is 132 Å². The Kier molecular flexibility index (Phi) is 4.25. The normalized spacial score (nSPS) is 14.9. The van der Waals surface area contributed by atoms with Crippen molar-refractivity contribution in [1.82, 2.24) is 9.47 Å². The first-order valence-corrected chi connectivity index (χ1v) is 7.43. The summed E-state index contributed by atoms with van der Waals surface area (Å²) in [5.41, 5.74) is -0.0751. The van der Waals surface area contributed by atoms with Gasteiger partial charge in [-0.05, 0) is 29.7 Å². The molecule has 0 atom stereocenters. The predicted octanol–water partition coefficient (Wildman–Crippen LogP) is 1.80. The SMILES string of the molecule is C=CCn1c(C(=O)N2CCOCC2)cc2cc(F)ccc2c1=O. The largest absolute Gasteiger partial charge is 0.378 e. The fraction of sp³-hybridized carbons (Fsp3) is 0.294. The van der Waals surface area contributed by atoms with Crippen molar-refractivity contribution in [1.29, 1.82) is 0 Å². The van der Waals surface area contributed by atoms with Gasteiger partial charge in [-0.15, -0.1) is 6.58 Å². The highest BCUT2D eigenvalue weighted by Crippen LogP contribution is 2.16. The van der Waals surface area contributed by atoms with E-state index in [0.29, 0.717) is 37.1 Å². The van der Waals surface area contributed by atoms with Gasteiger partial charge >= 0.3 is 0 Å². The summed E-state index contributed by atoms with van der Waals surface area (Å²) < 4.78 is 20.1. The van der Waals surface area contributed by atoms with Crippen LogP contribution in [0.1, 0.15) is 10.5 Å². The highest BCUT2D eigenvalue weighted by molar-refractivity contribution is 5.96. The zero-order valence-electron chi connectivity index (χ0n) is 12.6. The number of hydrogen-bond donors (Lipinski definition) is 0. The third-order valence-electron chi connectivity index (χ3n) is 3.90. The van der Waals surface area contributed by atoms with Gasteiger partial charge < -0.3 is 9.64 Å². The lowest BCUT2D eigenvalue weighted by Gasteiger charge is -2.27. The molecule has 0 N–H and O–H groups in total. The van der Waals surface area contributed by atoms with Crippen LogP contribution in [0.3, 0.4) is 0 Å². The molecule has 2 heterocycles. The fourth-order valence-corrected chi connectivity index (χ4v) is 2.74. The van der Waals surface area contributed by atoms with Crippen LogP contribution in [0, 0.1) is 5.82 Å². The maximum Gasteiger partial charge on any atom is 0.270 e. The van der Waals surface area contributed by atoms with E-state index >= 15 is 0 Å². The number of pyridine rings is 1. The van der Waals surface area contributed by atoms with Crippen LogP contribution in [-0.2, 0) is 11.3 Å². The van der Waals surface area contributed by atoms with Crippen molar-refractivity contribution in [2.45, 2.75) is 6.54 Å². The Morgan fingerprint density at radius 3 is 2.74 bits per heavy atom. The smallest absolute Gasteiger partial charge is 0.270 e. The zero-order chi connectivity index (χ0) is 16.4. The number of amides is 1. The summed E-state index contributed by atoms with van der Waals surface area (Å²) in [6.07, 6.45) is 1.56. The molecule has 5 nitrogen and oxygen atoms in total. The first-order valence-electron chi connectivity index (χ1n) is 7.43. The number of hydrogen-bond acceptors (Lipinski definition) is 3. The lowest BCUT2D eigenvalue weighted by molar-refractivity contribution is 0.0295. The molecule has 0 radical (unpaired) electrons. The number of allylic oxidation sites excluding steroid dienone is 1. The summed E-state index contributed by atoms with van der Waals surface area (Å²) in [5, 5.41) is 0.804. The molecule has 0 bridgehead atoms. The number of halogens is 1. The first kappa shape index (κ1) is 15.4. The Hall–Kier alpha value is -2.47. The van der Waals surface area contributed by atoms with Gasteiger partial charge in [-0.2, -0.15) is 0 Å². The number of morpholine rings is 1. The molecule has 0 spiro atoms. The Balaban J connectivity index is 2.16.